The molecular formula is C10H18N2O. The highest BCUT2D eigenvalue weighted by Crippen LogP contribution is 2.29. The molecular weight excluding hydrogens is 164 g/mol. The number of carbonyl (C=O) groups excluding carboxylic acids is 1. The van der Waals surface area contributed by atoms with Crippen molar-refractivity contribution in [1.29, 1.82) is 0 Å². The van der Waals surface area contributed by atoms with Crippen LogP contribution < -0.4 is 5.32 Å². The normalized spacial score (nSPS) is 29.5. The van der Waals surface area contributed by atoms with Crippen LogP contribution in [0.2, 0.25) is 0 Å². The Hall–Kier alpha value is -0.570. The van der Waals surface area contributed by atoms with Gasteiger partial charge in [0, 0.05) is 6.54 Å². The predicted octanol–water partition coefficient (Wildman–Crippen LogP) is 0.954. The first-order chi connectivity index (χ1) is 6.27. The van der Waals surface area contributed by atoms with Crippen LogP contribution in [0.3, 0.4) is 0 Å². The highest BCUT2D eigenvalue weighted by atomic mass is 16.2. The Morgan fingerprint density at radius 3 is 2.77 bits per heavy atom. The van der Waals surface area contributed by atoms with E-state index in [-0.39, 0.29) is 11.9 Å². The number of hydrogen-bond acceptors (Lipinski definition) is 2. The largest absolute Gasteiger partial charge is 0.329 e. The standard InChI is InChI=1S/C10H18N2O/c1-8-10(13)12(7-11-8)6-5-9-3-2-4-9/h8-9,11H,2-7H2,1H3. The predicted molar refractivity (Wildman–Crippen MR) is 51.1 cm³/mol. The van der Waals surface area contributed by atoms with E-state index in [1.165, 1.54) is 25.7 Å². The molecule has 2 aliphatic rings. The molecule has 1 heterocycles. The first kappa shape index (κ1) is 9.00. The highest BCUT2D eigenvalue weighted by Gasteiger charge is 2.28. The molecule has 1 amide bonds. The zero-order valence-corrected chi connectivity index (χ0v) is 8.25. The summed E-state index contributed by atoms with van der Waals surface area (Å²) in [5.41, 5.74) is 0. The van der Waals surface area contributed by atoms with Crippen molar-refractivity contribution >= 4 is 5.91 Å². The van der Waals surface area contributed by atoms with E-state index < -0.39 is 0 Å². The molecule has 0 aromatic rings. The van der Waals surface area contributed by atoms with Crippen molar-refractivity contribution in [2.75, 3.05) is 13.2 Å². The fourth-order valence-electron chi connectivity index (χ4n) is 2.00. The van der Waals surface area contributed by atoms with Crippen LogP contribution >= 0.6 is 0 Å². The summed E-state index contributed by atoms with van der Waals surface area (Å²) in [6, 6.07) is 0.0430. The van der Waals surface area contributed by atoms with Crippen LogP contribution in [0.25, 0.3) is 0 Å². The zero-order chi connectivity index (χ0) is 9.26. The van der Waals surface area contributed by atoms with Crippen LogP contribution in [0, 0.1) is 5.92 Å². The van der Waals surface area contributed by atoms with Crippen LogP contribution in [0.15, 0.2) is 0 Å². The number of rotatable bonds is 3. The minimum atomic E-state index is 0.0430. The lowest BCUT2D eigenvalue weighted by Gasteiger charge is -2.27. The fraction of sp³-hybridized carbons (Fsp3) is 0.900. The Morgan fingerprint density at radius 1 is 1.54 bits per heavy atom. The molecule has 0 aromatic heterocycles. The van der Waals surface area contributed by atoms with E-state index in [0.717, 1.165) is 19.1 Å². The van der Waals surface area contributed by atoms with Crippen molar-refractivity contribution in [3.63, 3.8) is 0 Å². The second-order valence-corrected chi connectivity index (χ2v) is 4.27. The summed E-state index contributed by atoms with van der Waals surface area (Å²) in [5.74, 6) is 1.18. The van der Waals surface area contributed by atoms with E-state index in [1.807, 2.05) is 11.8 Å². The second kappa shape index (κ2) is 3.66. The molecule has 13 heavy (non-hydrogen) atoms. The van der Waals surface area contributed by atoms with Crippen LogP contribution in [-0.4, -0.2) is 30.1 Å². The van der Waals surface area contributed by atoms with Gasteiger partial charge >= 0.3 is 0 Å². The summed E-state index contributed by atoms with van der Waals surface area (Å²) in [7, 11) is 0. The van der Waals surface area contributed by atoms with E-state index in [4.69, 9.17) is 0 Å². The quantitative estimate of drug-likeness (QED) is 0.705. The maximum atomic E-state index is 11.5. The summed E-state index contributed by atoms with van der Waals surface area (Å²) >= 11 is 0. The van der Waals surface area contributed by atoms with Crippen LogP contribution in [-0.2, 0) is 4.79 Å². The Kier molecular flexibility index (Phi) is 2.54. The first-order valence-corrected chi connectivity index (χ1v) is 5.29. The van der Waals surface area contributed by atoms with Crippen LogP contribution in [0.4, 0.5) is 0 Å². The number of nitrogens with one attached hydrogen (secondary N) is 1. The third-order valence-electron chi connectivity index (χ3n) is 3.30. The van der Waals surface area contributed by atoms with E-state index in [1.54, 1.807) is 0 Å². The minimum absolute atomic E-state index is 0.0430. The maximum absolute atomic E-state index is 11.5. The number of nitrogens with zero attached hydrogens (tertiary/aromatic N) is 1. The van der Waals surface area contributed by atoms with Gasteiger partial charge in [0.05, 0.1) is 12.7 Å². The fourth-order valence-corrected chi connectivity index (χ4v) is 2.00. The van der Waals surface area contributed by atoms with Gasteiger partial charge in [-0.3, -0.25) is 10.1 Å². The molecule has 1 aliphatic heterocycles. The van der Waals surface area contributed by atoms with Crippen molar-refractivity contribution in [3.05, 3.63) is 0 Å². The van der Waals surface area contributed by atoms with Gasteiger partial charge in [-0.2, -0.15) is 0 Å². The maximum Gasteiger partial charge on any atom is 0.240 e. The van der Waals surface area contributed by atoms with Gasteiger partial charge in [0.2, 0.25) is 5.91 Å². The Balaban J connectivity index is 1.72. The SMILES string of the molecule is CC1NCN(CCC2CCC2)C1=O. The third kappa shape index (κ3) is 1.85. The second-order valence-electron chi connectivity index (χ2n) is 4.27. The van der Waals surface area contributed by atoms with E-state index in [9.17, 15) is 4.79 Å². The molecule has 2 fully saturated rings. The Morgan fingerprint density at radius 2 is 2.31 bits per heavy atom. The van der Waals surface area contributed by atoms with Gasteiger partial charge in [-0.25, -0.2) is 0 Å². The Bertz CT molecular complexity index is 201. The minimum Gasteiger partial charge on any atom is -0.329 e. The van der Waals surface area contributed by atoms with Crippen molar-refractivity contribution < 1.29 is 4.79 Å². The van der Waals surface area contributed by atoms with Gasteiger partial charge in [-0.1, -0.05) is 19.3 Å². The number of carbonyl (C=O) groups is 1. The molecule has 1 saturated carbocycles. The molecule has 74 valence electrons. The highest BCUT2D eigenvalue weighted by molar-refractivity contribution is 5.83. The molecule has 1 aliphatic carbocycles. The van der Waals surface area contributed by atoms with Gasteiger partial charge in [-0.05, 0) is 19.3 Å². The summed E-state index contributed by atoms with van der Waals surface area (Å²) < 4.78 is 0. The molecule has 1 unspecified atom stereocenters. The molecule has 0 bridgehead atoms. The van der Waals surface area contributed by atoms with E-state index in [0.29, 0.717) is 0 Å². The van der Waals surface area contributed by atoms with E-state index >= 15 is 0 Å². The van der Waals surface area contributed by atoms with Crippen molar-refractivity contribution in [2.24, 2.45) is 5.92 Å². The zero-order valence-electron chi connectivity index (χ0n) is 8.25. The first-order valence-electron chi connectivity index (χ1n) is 5.29. The van der Waals surface area contributed by atoms with Gasteiger partial charge in [-0.15, -0.1) is 0 Å². The van der Waals surface area contributed by atoms with Gasteiger partial charge in [0.15, 0.2) is 0 Å². The van der Waals surface area contributed by atoms with Crippen molar-refractivity contribution in [1.82, 2.24) is 10.2 Å². The molecule has 0 spiro atoms. The molecule has 1 atom stereocenters. The molecule has 3 nitrogen and oxygen atoms in total. The topological polar surface area (TPSA) is 32.3 Å². The van der Waals surface area contributed by atoms with Gasteiger partial charge in [0.1, 0.15) is 0 Å². The molecule has 0 aromatic carbocycles. The summed E-state index contributed by atoms with van der Waals surface area (Å²) in [4.78, 5) is 13.4. The summed E-state index contributed by atoms with van der Waals surface area (Å²) in [6.07, 6.45) is 5.36. The summed E-state index contributed by atoms with van der Waals surface area (Å²) in [5, 5.41) is 3.16. The average molecular weight is 182 g/mol. The Labute approximate surface area is 79.5 Å². The number of amides is 1. The number of hydrogen-bond donors (Lipinski definition) is 1. The lowest BCUT2D eigenvalue weighted by atomic mass is 9.83. The molecule has 2 rings (SSSR count). The lowest BCUT2D eigenvalue weighted by molar-refractivity contribution is -0.128. The third-order valence-corrected chi connectivity index (χ3v) is 3.30. The molecule has 0 radical (unpaired) electrons. The van der Waals surface area contributed by atoms with Gasteiger partial charge < -0.3 is 4.90 Å². The average Bonchev–Trinajstić information content (AvgIpc) is 2.33. The van der Waals surface area contributed by atoms with Gasteiger partial charge in [0.25, 0.3) is 0 Å². The lowest BCUT2D eigenvalue weighted by Crippen LogP contribution is -2.31. The molecule has 3 heteroatoms. The van der Waals surface area contributed by atoms with E-state index in [2.05, 4.69) is 5.32 Å². The summed E-state index contributed by atoms with van der Waals surface area (Å²) in [6.45, 7) is 3.65. The van der Waals surface area contributed by atoms with Crippen molar-refractivity contribution in [3.8, 4) is 0 Å². The smallest absolute Gasteiger partial charge is 0.240 e. The molecule has 1 saturated heterocycles. The monoisotopic (exact) mass is 182 g/mol. The van der Waals surface area contributed by atoms with Crippen molar-refractivity contribution in [2.45, 2.75) is 38.6 Å². The molecule has 1 N–H and O–H groups in total. The van der Waals surface area contributed by atoms with Crippen LogP contribution in [0.1, 0.15) is 32.6 Å². The van der Waals surface area contributed by atoms with Crippen LogP contribution in [0.5, 0.6) is 0 Å².